The summed E-state index contributed by atoms with van der Waals surface area (Å²) in [4.78, 5) is 4.28. The van der Waals surface area contributed by atoms with Crippen LogP contribution in [0.3, 0.4) is 0 Å². The highest BCUT2D eigenvalue weighted by Crippen LogP contribution is 2.23. The van der Waals surface area contributed by atoms with Crippen LogP contribution in [-0.4, -0.2) is 20.5 Å². The van der Waals surface area contributed by atoms with Crippen LogP contribution < -0.4 is 0 Å². The van der Waals surface area contributed by atoms with Gasteiger partial charge in [0.15, 0.2) is 5.82 Å². The number of benzene rings is 1. The van der Waals surface area contributed by atoms with Crippen LogP contribution in [0.15, 0.2) is 28.8 Å². The fourth-order valence-electron chi connectivity index (χ4n) is 1.31. The van der Waals surface area contributed by atoms with Crippen molar-refractivity contribution >= 4 is 11.8 Å². The monoisotopic (exact) mass is 250 g/mol. The topological polar surface area (TPSA) is 59.2 Å². The highest BCUT2D eigenvalue weighted by molar-refractivity contribution is 7.99. The molecule has 0 amide bonds. The molecule has 1 N–H and O–H groups in total. The first-order chi connectivity index (χ1) is 8.15. The molecule has 90 valence electrons. The van der Waals surface area contributed by atoms with Crippen LogP contribution in [0.2, 0.25) is 0 Å². The van der Waals surface area contributed by atoms with Crippen molar-refractivity contribution in [1.29, 1.82) is 0 Å². The molecule has 0 saturated carbocycles. The van der Waals surface area contributed by atoms with E-state index in [1.807, 2.05) is 6.07 Å². The van der Waals surface area contributed by atoms with E-state index in [-0.39, 0.29) is 5.75 Å². The Hall–Kier alpha value is -1.49. The zero-order chi connectivity index (χ0) is 12.3. The first kappa shape index (κ1) is 12.0. The molecular weight excluding hydrogens is 236 g/mol. The lowest BCUT2D eigenvalue weighted by atomic mass is 10.2. The lowest BCUT2D eigenvalue weighted by Crippen LogP contribution is -1.90. The first-order valence-electron chi connectivity index (χ1n) is 5.39. The molecule has 2 aromatic rings. The van der Waals surface area contributed by atoms with E-state index >= 15 is 0 Å². The van der Waals surface area contributed by atoms with Crippen molar-refractivity contribution in [1.82, 2.24) is 10.1 Å². The molecule has 17 heavy (non-hydrogen) atoms. The molecule has 1 aromatic carbocycles. The minimum Gasteiger partial charge on any atom is -0.508 e. The predicted octanol–water partition coefficient (Wildman–Crippen LogP) is 3.08. The van der Waals surface area contributed by atoms with Crippen LogP contribution in [0.5, 0.6) is 5.75 Å². The predicted molar refractivity (Wildman–Crippen MR) is 67.8 cm³/mol. The Morgan fingerprint density at radius 2 is 2.24 bits per heavy atom. The molecule has 1 heterocycles. The molecule has 0 saturated heterocycles. The van der Waals surface area contributed by atoms with E-state index in [0.717, 1.165) is 11.3 Å². The SMILES string of the molecule is CC(C)SCc1noc(-c2cccc(O)c2)n1. The number of phenolic OH excluding ortho intramolecular Hbond substituents is 1. The number of phenols is 1. The van der Waals surface area contributed by atoms with Crippen LogP contribution in [0.25, 0.3) is 11.5 Å². The molecule has 0 aliphatic rings. The Bertz CT molecular complexity index is 497. The Morgan fingerprint density at radius 1 is 1.41 bits per heavy atom. The third-order valence-electron chi connectivity index (χ3n) is 2.11. The van der Waals surface area contributed by atoms with Crippen molar-refractivity contribution in [3.8, 4) is 17.2 Å². The minimum atomic E-state index is 0.193. The maximum atomic E-state index is 9.36. The standard InChI is InChI=1S/C12H14N2O2S/c1-8(2)17-7-11-13-12(16-14-11)9-4-3-5-10(15)6-9/h3-6,8,15H,7H2,1-2H3. The Morgan fingerprint density at radius 3 is 2.94 bits per heavy atom. The minimum absolute atomic E-state index is 0.193. The van der Waals surface area contributed by atoms with E-state index in [4.69, 9.17) is 4.52 Å². The normalized spacial score (nSPS) is 11.0. The molecule has 0 unspecified atom stereocenters. The Balaban J connectivity index is 2.12. The van der Waals surface area contributed by atoms with Crippen molar-refractivity contribution < 1.29 is 9.63 Å². The first-order valence-corrected chi connectivity index (χ1v) is 6.43. The Labute approximate surface area is 104 Å². The average molecular weight is 250 g/mol. The second-order valence-electron chi connectivity index (χ2n) is 3.93. The summed E-state index contributed by atoms with van der Waals surface area (Å²) in [7, 11) is 0. The van der Waals surface area contributed by atoms with Crippen molar-refractivity contribution in [3.63, 3.8) is 0 Å². The molecule has 0 spiro atoms. The van der Waals surface area contributed by atoms with Gasteiger partial charge in [-0.3, -0.25) is 0 Å². The van der Waals surface area contributed by atoms with Gasteiger partial charge in [-0.1, -0.05) is 25.1 Å². The molecule has 0 bridgehead atoms. The van der Waals surface area contributed by atoms with Gasteiger partial charge in [0.25, 0.3) is 5.89 Å². The van der Waals surface area contributed by atoms with E-state index in [0.29, 0.717) is 17.0 Å². The summed E-state index contributed by atoms with van der Waals surface area (Å²) in [5.41, 5.74) is 0.735. The van der Waals surface area contributed by atoms with E-state index in [1.54, 1.807) is 30.0 Å². The highest BCUT2D eigenvalue weighted by atomic mass is 32.2. The molecule has 0 radical (unpaired) electrons. The molecule has 0 aliphatic carbocycles. The van der Waals surface area contributed by atoms with E-state index in [9.17, 15) is 5.11 Å². The maximum absolute atomic E-state index is 9.36. The van der Waals surface area contributed by atoms with Gasteiger partial charge in [-0.25, -0.2) is 0 Å². The molecule has 4 nitrogen and oxygen atoms in total. The van der Waals surface area contributed by atoms with Gasteiger partial charge in [0.05, 0.1) is 5.75 Å². The zero-order valence-corrected chi connectivity index (χ0v) is 10.6. The fourth-order valence-corrected chi connectivity index (χ4v) is 1.91. The van der Waals surface area contributed by atoms with E-state index in [2.05, 4.69) is 24.0 Å². The lowest BCUT2D eigenvalue weighted by molar-refractivity contribution is 0.424. The van der Waals surface area contributed by atoms with E-state index in [1.165, 1.54) is 0 Å². The second kappa shape index (κ2) is 5.23. The van der Waals surface area contributed by atoms with Gasteiger partial charge in [-0.05, 0) is 23.4 Å². The summed E-state index contributed by atoms with van der Waals surface area (Å²) in [6, 6.07) is 6.78. The summed E-state index contributed by atoms with van der Waals surface area (Å²) in [6.07, 6.45) is 0. The number of aromatic hydroxyl groups is 1. The smallest absolute Gasteiger partial charge is 0.258 e. The Kier molecular flexibility index (Phi) is 3.68. The molecule has 2 rings (SSSR count). The van der Waals surface area contributed by atoms with Gasteiger partial charge in [-0.15, -0.1) is 0 Å². The maximum Gasteiger partial charge on any atom is 0.258 e. The second-order valence-corrected chi connectivity index (χ2v) is 5.49. The molecule has 1 aromatic heterocycles. The molecule has 5 heteroatoms. The third-order valence-corrected chi connectivity index (χ3v) is 3.20. The summed E-state index contributed by atoms with van der Waals surface area (Å²) in [6.45, 7) is 4.25. The number of rotatable bonds is 4. The van der Waals surface area contributed by atoms with Gasteiger partial charge < -0.3 is 9.63 Å². The molecule has 0 aliphatic heterocycles. The lowest BCUT2D eigenvalue weighted by Gasteiger charge is -1.99. The third kappa shape index (κ3) is 3.23. The van der Waals surface area contributed by atoms with Gasteiger partial charge in [0, 0.05) is 5.56 Å². The van der Waals surface area contributed by atoms with E-state index < -0.39 is 0 Å². The van der Waals surface area contributed by atoms with Gasteiger partial charge in [0.2, 0.25) is 0 Å². The quantitative estimate of drug-likeness (QED) is 0.903. The number of aromatic nitrogens is 2. The molecule has 0 fully saturated rings. The van der Waals surface area contributed by atoms with Crippen LogP contribution in [-0.2, 0) is 5.75 Å². The number of thioether (sulfide) groups is 1. The van der Waals surface area contributed by atoms with Crippen molar-refractivity contribution in [2.45, 2.75) is 24.9 Å². The van der Waals surface area contributed by atoms with Crippen LogP contribution >= 0.6 is 11.8 Å². The average Bonchev–Trinajstić information content (AvgIpc) is 2.75. The largest absolute Gasteiger partial charge is 0.508 e. The zero-order valence-electron chi connectivity index (χ0n) is 9.75. The number of hydrogen-bond acceptors (Lipinski definition) is 5. The molecule has 0 atom stereocenters. The highest BCUT2D eigenvalue weighted by Gasteiger charge is 2.09. The van der Waals surface area contributed by atoms with Gasteiger partial charge in [0.1, 0.15) is 5.75 Å². The van der Waals surface area contributed by atoms with Gasteiger partial charge >= 0.3 is 0 Å². The van der Waals surface area contributed by atoms with Gasteiger partial charge in [-0.2, -0.15) is 16.7 Å². The molecular formula is C12H14N2O2S. The summed E-state index contributed by atoms with van der Waals surface area (Å²) in [5, 5.41) is 13.8. The van der Waals surface area contributed by atoms with Crippen molar-refractivity contribution in [3.05, 3.63) is 30.1 Å². The van der Waals surface area contributed by atoms with Crippen molar-refractivity contribution in [2.24, 2.45) is 0 Å². The number of nitrogens with zero attached hydrogens (tertiary/aromatic N) is 2. The van der Waals surface area contributed by atoms with Crippen molar-refractivity contribution in [2.75, 3.05) is 0 Å². The van der Waals surface area contributed by atoms with Crippen LogP contribution in [0, 0.1) is 0 Å². The summed E-state index contributed by atoms with van der Waals surface area (Å²) < 4.78 is 5.15. The summed E-state index contributed by atoms with van der Waals surface area (Å²) in [5.74, 6) is 2.06. The van der Waals surface area contributed by atoms with Crippen LogP contribution in [0.4, 0.5) is 0 Å². The van der Waals surface area contributed by atoms with Crippen LogP contribution in [0.1, 0.15) is 19.7 Å². The summed E-state index contributed by atoms with van der Waals surface area (Å²) >= 11 is 1.76. The number of hydrogen-bond donors (Lipinski definition) is 1. The fraction of sp³-hybridized carbons (Fsp3) is 0.333.